The fourth-order valence-electron chi connectivity index (χ4n) is 2.99. The molecule has 10 heteroatoms. The highest BCUT2D eigenvalue weighted by atomic mass is 32.2. The molecule has 1 aromatic carbocycles. The lowest BCUT2D eigenvalue weighted by molar-refractivity contribution is -0.118. The Kier molecular flexibility index (Phi) is 7.07. The van der Waals surface area contributed by atoms with E-state index in [1.54, 1.807) is 12.1 Å². The van der Waals surface area contributed by atoms with Gasteiger partial charge in [-0.1, -0.05) is 6.07 Å². The van der Waals surface area contributed by atoms with Gasteiger partial charge in [-0.2, -0.15) is 0 Å². The number of sulfonamides is 1. The topological polar surface area (TPSA) is 105 Å². The van der Waals surface area contributed by atoms with Crippen LogP contribution in [0.3, 0.4) is 0 Å². The zero-order valence-electron chi connectivity index (χ0n) is 16.2. The van der Waals surface area contributed by atoms with Crippen molar-refractivity contribution >= 4 is 22.0 Å². The van der Waals surface area contributed by atoms with Gasteiger partial charge in [-0.25, -0.2) is 22.3 Å². The van der Waals surface area contributed by atoms with Gasteiger partial charge in [-0.05, 0) is 55.7 Å². The lowest BCUT2D eigenvalue weighted by Crippen LogP contribution is -2.31. The van der Waals surface area contributed by atoms with Crippen molar-refractivity contribution in [1.82, 2.24) is 14.9 Å². The second-order valence-corrected chi connectivity index (χ2v) is 9.39. The number of amides is 3. The summed E-state index contributed by atoms with van der Waals surface area (Å²) in [4.78, 5) is 23.9. The van der Waals surface area contributed by atoms with Crippen molar-refractivity contribution in [2.75, 3.05) is 32.0 Å². The van der Waals surface area contributed by atoms with Crippen LogP contribution in [-0.2, 0) is 21.2 Å². The molecule has 1 heterocycles. The highest BCUT2D eigenvalue weighted by Crippen LogP contribution is 2.30. The molecule has 0 spiro atoms. The number of imide groups is 1. The summed E-state index contributed by atoms with van der Waals surface area (Å²) in [6, 6.07) is 4.14. The third kappa shape index (κ3) is 6.97. The molecule has 160 valence electrons. The van der Waals surface area contributed by atoms with Crippen LogP contribution in [0.5, 0.6) is 5.75 Å². The van der Waals surface area contributed by atoms with Crippen molar-refractivity contribution in [2.24, 2.45) is 5.92 Å². The number of hydrogen-bond donors (Lipinski definition) is 2. The Morgan fingerprint density at radius 1 is 1.24 bits per heavy atom. The largest absolute Gasteiger partial charge is 0.490 e. The maximum absolute atomic E-state index is 13.8. The molecule has 3 amide bonds. The SMILES string of the molecule is O=C1CN(CCCCS(=O)(=O)NCCc2ccc(F)c(OCC3CC3)c2)C(=O)N1. The highest BCUT2D eigenvalue weighted by molar-refractivity contribution is 7.89. The molecule has 29 heavy (non-hydrogen) atoms. The van der Waals surface area contributed by atoms with Crippen LogP contribution in [0, 0.1) is 11.7 Å². The molecule has 0 radical (unpaired) electrons. The number of rotatable bonds is 12. The smallest absolute Gasteiger partial charge is 0.324 e. The Labute approximate surface area is 169 Å². The van der Waals surface area contributed by atoms with E-state index in [4.69, 9.17) is 4.74 Å². The van der Waals surface area contributed by atoms with Crippen molar-refractivity contribution in [3.05, 3.63) is 29.6 Å². The molecule has 0 unspecified atom stereocenters. The lowest BCUT2D eigenvalue weighted by atomic mass is 10.1. The van der Waals surface area contributed by atoms with E-state index in [2.05, 4.69) is 10.0 Å². The second-order valence-electron chi connectivity index (χ2n) is 7.46. The summed E-state index contributed by atoms with van der Waals surface area (Å²) in [7, 11) is -3.44. The van der Waals surface area contributed by atoms with E-state index in [1.807, 2.05) is 0 Å². The van der Waals surface area contributed by atoms with Crippen LogP contribution < -0.4 is 14.8 Å². The van der Waals surface area contributed by atoms with Gasteiger partial charge in [-0.15, -0.1) is 0 Å². The van der Waals surface area contributed by atoms with Crippen LogP contribution in [0.25, 0.3) is 0 Å². The summed E-state index contributed by atoms with van der Waals surface area (Å²) in [6.45, 7) is 1.08. The van der Waals surface area contributed by atoms with Gasteiger partial charge < -0.3 is 9.64 Å². The first-order valence-electron chi connectivity index (χ1n) is 9.80. The summed E-state index contributed by atoms with van der Waals surface area (Å²) in [6.07, 6.45) is 3.53. The van der Waals surface area contributed by atoms with Gasteiger partial charge in [0.15, 0.2) is 11.6 Å². The average molecular weight is 427 g/mol. The van der Waals surface area contributed by atoms with Crippen LogP contribution in [0.4, 0.5) is 9.18 Å². The molecule has 0 atom stereocenters. The normalized spacial score (nSPS) is 16.9. The maximum Gasteiger partial charge on any atom is 0.324 e. The monoisotopic (exact) mass is 427 g/mol. The number of nitrogens with one attached hydrogen (secondary N) is 2. The van der Waals surface area contributed by atoms with Gasteiger partial charge >= 0.3 is 6.03 Å². The summed E-state index contributed by atoms with van der Waals surface area (Å²) < 4.78 is 46.0. The fraction of sp³-hybridized carbons (Fsp3) is 0.579. The Morgan fingerprint density at radius 2 is 2.03 bits per heavy atom. The van der Waals surface area contributed by atoms with Crippen molar-refractivity contribution in [1.29, 1.82) is 0 Å². The molecule has 3 rings (SSSR count). The third-order valence-electron chi connectivity index (χ3n) is 4.86. The third-order valence-corrected chi connectivity index (χ3v) is 6.33. The molecule has 1 aromatic rings. The molecule has 2 N–H and O–H groups in total. The number of carbonyl (C=O) groups excluding carboxylic acids is 2. The number of benzene rings is 1. The molecule has 8 nitrogen and oxygen atoms in total. The summed E-state index contributed by atoms with van der Waals surface area (Å²) in [5, 5.41) is 2.18. The van der Waals surface area contributed by atoms with Crippen LogP contribution in [0.15, 0.2) is 18.2 Å². The van der Waals surface area contributed by atoms with E-state index in [0.717, 1.165) is 18.4 Å². The van der Waals surface area contributed by atoms with E-state index >= 15 is 0 Å². The molecule has 1 saturated carbocycles. The Hall–Kier alpha value is -2.20. The number of ether oxygens (including phenoxy) is 1. The molecule has 0 aromatic heterocycles. The molecular weight excluding hydrogens is 401 g/mol. The number of nitrogens with zero attached hydrogens (tertiary/aromatic N) is 1. The molecule has 1 aliphatic heterocycles. The number of unbranched alkanes of at least 4 members (excludes halogenated alkanes) is 1. The molecular formula is C19H26FN3O5S. The van der Waals surface area contributed by atoms with Crippen molar-refractivity contribution < 1.29 is 27.1 Å². The van der Waals surface area contributed by atoms with Crippen LogP contribution in [-0.4, -0.2) is 57.3 Å². The Balaban J connectivity index is 1.36. The molecule has 2 aliphatic rings. The van der Waals surface area contributed by atoms with Crippen LogP contribution in [0.1, 0.15) is 31.2 Å². The second kappa shape index (κ2) is 9.53. The van der Waals surface area contributed by atoms with E-state index < -0.39 is 21.9 Å². The van der Waals surface area contributed by atoms with Gasteiger partial charge in [0.2, 0.25) is 15.9 Å². The lowest BCUT2D eigenvalue weighted by Gasteiger charge is -2.13. The molecule has 0 bridgehead atoms. The van der Waals surface area contributed by atoms with Crippen LogP contribution >= 0.6 is 0 Å². The van der Waals surface area contributed by atoms with E-state index in [0.29, 0.717) is 38.3 Å². The van der Waals surface area contributed by atoms with Crippen molar-refractivity contribution in [2.45, 2.75) is 32.1 Å². The van der Waals surface area contributed by atoms with Gasteiger partial charge in [0.05, 0.1) is 12.4 Å². The number of halogens is 1. The Bertz CT molecular complexity index is 857. The minimum Gasteiger partial charge on any atom is -0.490 e. The predicted octanol–water partition coefficient (Wildman–Crippen LogP) is 1.41. The predicted molar refractivity (Wildman–Crippen MR) is 104 cm³/mol. The fourth-order valence-corrected chi connectivity index (χ4v) is 4.13. The average Bonchev–Trinajstić information content (AvgIpc) is 3.43. The first kappa shape index (κ1) is 21.5. The Morgan fingerprint density at radius 3 is 2.72 bits per heavy atom. The first-order valence-corrected chi connectivity index (χ1v) is 11.4. The van der Waals surface area contributed by atoms with Crippen molar-refractivity contribution in [3.8, 4) is 5.75 Å². The molecule has 1 saturated heterocycles. The number of carbonyl (C=O) groups is 2. The number of urea groups is 1. The van der Waals surface area contributed by atoms with Gasteiger partial charge in [-0.3, -0.25) is 10.1 Å². The summed E-state index contributed by atoms with van der Waals surface area (Å²) >= 11 is 0. The zero-order chi connectivity index (χ0) is 20.9. The van der Waals surface area contributed by atoms with Crippen LogP contribution in [0.2, 0.25) is 0 Å². The number of hydrogen-bond acceptors (Lipinski definition) is 5. The molecule has 2 fully saturated rings. The first-order chi connectivity index (χ1) is 13.8. The zero-order valence-corrected chi connectivity index (χ0v) is 17.0. The van der Waals surface area contributed by atoms with Crippen molar-refractivity contribution in [3.63, 3.8) is 0 Å². The van der Waals surface area contributed by atoms with Gasteiger partial charge in [0, 0.05) is 13.1 Å². The summed E-state index contributed by atoms with van der Waals surface area (Å²) in [5.41, 5.74) is 0.796. The van der Waals surface area contributed by atoms with E-state index in [1.165, 1.54) is 11.0 Å². The maximum atomic E-state index is 13.8. The minimum absolute atomic E-state index is 0.0217. The van der Waals surface area contributed by atoms with Gasteiger partial charge in [0.25, 0.3) is 0 Å². The van der Waals surface area contributed by atoms with E-state index in [-0.39, 0.29) is 30.5 Å². The van der Waals surface area contributed by atoms with Gasteiger partial charge in [0.1, 0.15) is 6.54 Å². The highest BCUT2D eigenvalue weighted by Gasteiger charge is 2.26. The summed E-state index contributed by atoms with van der Waals surface area (Å²) in [5.74, 6) is -0.0864. The quantitative estimate of drug-likeness (QED) is 0.388. The van der Waals surface area contributed by atoms with E-state index in [9.17, 15) is 22.4 Å². The standard InChI is InChI=1S/C19H26FN3O5S/c20-16-6-5-14(11-17(16)28-13-15-3-4-15)7-8-21-29(26,27)10-2-1-9-23-12-18(24)22-19(23)25/h5-6,11,15,21H,1-4,7-10,12-13H2,(H,22,24,25). The molecule has 1 aliphatic carbocycles. The minimum atomic E-state index is -3.44.